The highest BCUT2D eigenvalue weighted by molar-refractivity contribution is 5.74. The second-order valence-electron chi connectivity index (χ2n) is 8.70. The Labute approximate surface area is 206 Å². The Balaban J connectivity index is 1.64. The van der Waals surface area contributed by atoms with Gasteiger partial charge in [0.05, 0.1) is 12.1 Å². The van der Waals surface area contributed by atoms with Gasteiger partial charge in [0.25, 0.3) is 5.89 Å². The van der Waals surface area contributed by atoms with E-state index in [-0.39, 0.29) is 29.4 Å². The molecule has 0 aliphatic heterocycles. The first-order chi connectivity index (χ1) is 17.0. The molecule has 186 valence electrons. The molecule has 0 fully saturated rings. The van der Waals surface area contributed by atoms with E-state index in [1.54, 1.807) is 55.3 Å². The summed E-state index contributed by atoms with van der Waals surface area (Å²) in [6.45, 7) is 4.01. The number of carboxylic acids is 1. The lowest BCUT2D eigenvalue weighted by atomic mass is 9.94. The predicted molar refractivity (Wildman–Crippen MR) is 129 cm³/mol. The third kappa shape index (κ3) is 5.46. The number of benzene rings is 3. The highest BCUT2D eigenvalue weighted by atomic mass is 19.4. The van der Waals surface area contributed by atoms with Crippen LogP contribution in [0.3, 0.4) is 0 Å². The summed E-state index contributed by atoms with van der Waals surface area (Å²) in [7, 11) is 1.71. The molecule has 36 heavy (non-hydrogen) atoms. The van der Waals surface area contributed by atoms with Crippen LogP contribution in [0.15, 0.2) is 65.2 Å². The molecule has 0 spiro atoms. The lowest BCUT2D eigenvalue weighted by Crippen LogP contribution is -2.25. The van der Waals surface area contributed by atoms with E-state index in [4.69, 9.17) is 9.63 Å². The molecule has 0 bridgehead atoms. The summed E-state index contributed by atoms with van der Waals surface area (Å²) in [6, 6.07) is 16.4. The van der Waals surface area contributed by atoms with Crippen LogP contribution in [0.5, 0.6) is 0 Å². The monoisotopic (exact) mass is 495 g/mol. The van der Waals surface area contributed by atoms with Gasteiger partial charge in [-0.1, -0.05) is 47.6 Å². The van der Waals surface area contributed by atoms with Crippen LogP contribution in [0.1, 0.15) is 22.3 Å². The minimum Gasteiger partial charge on any atom is -0.480 e. The van der Waals surface area contributed by atoms with Gasteiger partial charge >= 0.3 is 12.1 Å². The summed E-state index contributed by atoms with van der Waals surface area (Å²) >= 11 is 0. The van der Waals surface area contributed by atoms with Crippen LogP contribution >= 0.6 is 0 Å². The van der Waals surface area contributed by atoms with Crippen molar-refractivity contribution in [2.24, 2.45) is 0 Å². The first kappa shape index (κ1) is 25.1. The number of carboxylic acid groups (broad SMARTS) is 1. The Morgan fingerprint density at radius 3 is 2.36 bits per heavy atom. The zero-order chi connectivity index (χ0) is 26.0. The fourth-order valence-corrected chi connectivity index (χ4v) is 4.07. The zero-order valence-electron chi connectivity index (χ0n) is 19.9. The largest absolute Gasteiger partial charge is 0.480 e. The normalized spacial score (nSPS) is 11.8. The van der Waals surface area contributed by atoms with E-state index >= 15 is 0 Å². The van der Waals surface area contributed by atoms with Crippen LogP contribution < -0.4 is 0 Å². The van der Waals surface area contributed by atoms with Crippen molar-refractivity contribution < 1.29 is 27.6 Å². The topological polar surface area (TPSA) is 79.5 Å². The summed E-state index contributed by atoms with van der Waals surface area (Å²) in [5, 5.41) is 12.9. The fourth-order valence-electron chi connectivity index (χ4n) is 4.07. The second kappa shape index (κ2) is 9.94. The van der Waals surface area contributed by atoms with E-state index in [2.05, 4.69) is 10.1 Å². The van der Waals surface area contributed by atoms with Crippen molar-refractivity contribution in [2.75, 3.05) is 13.6 Å². The van der Waals surface area contributed by atoms with E-state index in [1.807, 2.05) is 19.1 Å². The van der Waals surface area contributed by atoms with E-state index in [0.29, 0.717) is 17.7 Å². The number of rotatable bonds is 7. The highest BCUT2D eigenvalue weighted by Gasteiger charge is 2.34. The van der Waals surface area contributed by atoms with Crippen molar-refractivity contribution in [3.05, 3.63) is 82.9 Å². The smallest absolute Gasteiger partial charge is 0.417 e. The van der Waals surface area contributed by atoms with Gasteiger partial charge in [0.2, 0.25) is 5.82 Å². The van der Waals surface area contributed by atoms with Crippen molar-refractivity contribution >= 4 is 5.97 Å². The predicted octanol–water partition coefficient (Wildman–Crippen LogP) is 6.22. The minimum absolute atomic E-state index is 0.0187. The first-order valence-electron chi connectivity index (χ1n) is 11.1. The van der Waals surface area contributed by atoms with Crippen LogP contribution in [0, 0.1) is 13.8 Å². The van der Waals surface area contributed by atoms with Crippen molar-refractivity contribution in [3.8, 4) is 34.0 Å². The number of alkyl halides is 3. The van der Waals surface area contributed by atoms with Crippen molar-refractivity contribution in [1.29, 1.82) is 0 Å². The van der Waals surface area contributed by atoms with Crippen molar-refractivity contribution in [2.45, 2.75) is 26.6 Å². The van der Waals surface area contributed by atoms with Crippen LogP contribution in [0.2, 0.25) is 0 Å². The van der Waals surface area contributed by atoms with E-state index in [9.17, 15) is 18.0 Å². The number of aliphatic carboxylic acids is 1. The summed E-state index contributed by atoms with van der Waals surface area (Å²) in [5.74, 6) is -0.684. The zero-order valence-corrected chi connectivity index (χ0v) is 19.9. The van der Waals surface area contributed by atoms with Gasteiger partial charge in [0.15, 0.2) is 0 Å². The second-order valence-corrected chi connectivity index (χ2v) is 8.70. The number of aryl methyl sites for hydroxylation is 2. The lowest BCUT2D eigenvalue weighted by molar-refractivity contribution is -0.138. The van der Waals surface area contributed by atoms with Gasteiger partial charge in [-0.3, -0.25) is 9.69 Å². The van der Waals surface area contributed by atoms with Gasteiger partial charge < -0.3 is 9.63 Å². The SMILES string of the molecule is Cc1cc(-c2noc(-c3ccc(-c4ccccc4C)c(C(F)(F)F)c3)n2)ccc1CN(C)CC(=O)O. The Kier molecular flexibility index (Phi) is 6.94. The molecule has 1 aromatic heterocycles. The molecule has 0 amide bonds. The van der Waals surface area contributed by atoms with Crippen LogP contribution in [-0.4, -0.2) is 39.7 Å². The third-order valence-electron chi connectivity index (χ3n) is 5.88. The van der Waals surface area contributed by atoms with Crippen LogP contribution in [-0.2, 0) is 17.5 Å². The van der Waals surface area contributed by atoms with Gasteiger partial charge in [-0.2, -0.15) is 18.2 Å². The number of halogens is 3. The maximum absolute atomic E-state index is 14.0. The number of hydrogen-bond acceptors (Lipinski definition) is 5. The molecule has 0 unspecified atom stereocenters. The van der Waals surface area contributed by atoms with Crippen LogP contribution in [0.25, 0.3) is 34.0 Å². The Hall–Kier alpha value is -3.98. The average molecular weight is 496 g/mol. The molecule has 0 aliphatic carbocycles. The maximum atomic E-state index is 14.0. The molecule has 0 saturated heterocycles. The molecule has 4 aromatic rings. The number of carbonyl (C=O) groups is 1. The minimum atomic E-state index is -4.57. The van der Waals surface area contributed by atoms with Crippen molar-refractivity contribution in [3.63, 3.8) is 0 Å². The number of likely N-dealkylation sites (N-methyl/N-ethyl adjacent to an activating group) is 1. The summed E-state index contributed by atoms with van der Waals surface area (Å²) < 4.78 is 47.2. The van der Waals surface area contributed by atoms with Gasteiger partial charge in [-0.25, -0.2) is 0 Å². The molecule has 6 nitrogen and oxygen atoms in total. The van der Waals surface area contributed by atoms with E-state index in [1.165, 1.54) is 6.07 Å². The van der Waals surface area contributed by atoms with Gasteiger partial charge in [-0.05, 0) is 66.9 Å². The Bertz CT molecular complexity index is 1410. The number of nitrogens with zero attached hydrogens (tertiary/aromatic N) is 3. The molecular weight excluding hydrogens is 471 g/mol. The van der Waals surface area contributed by atoms with Crippen molar-refractivity contribution in [1.82, 2.24) is 15.0 Å². The highest BCUT2D eigenvalue weighted by Crippen LogP contribution is 2.40. The van der Waals surface area contributed by atoms with Gasteiger partial charge in [0.1, 0.15) is 0 Å². The summed E-state index contributed by atoms with van der Waals surface area (Å²) in [4.78, 5) is 16.9. The maximum Gasteiger partial charge on any atom is 0.417 e. The molecule has 1 N–H and O–H groups in total. The Morgan fingerprint density at radius 1 is 0.972 bits per heavy atom. The molecule has 1 heterocycles. The standard InChI is InChI=1S/C27H24F3N3O3/c1-16-6-4-5-7-21(16)22-11-10-19(13-23(22)27(28,29)30)26-31-25(32-36-26)18-8-9-20(17(2)12-18)14-33(3)15-24(34)35/h4-13H,14-15H2,1-3H3,(H,34,35). The third-order valence-corrected chi connectivity index (χ3v) is 5.88. The average Bonchev–Trinajstić information content (AvgIpc) is 3.30. The Morgan fingerprint density at radius 2 is 1.69 bits per heavy atom. The molecule has 3 aromatic carbocycles. The molecule has 0 radical (unpaired) electrons. The number of hydrogen-bond donors (Lipinski definition) is 1. The molecule has 0 aliphatic rings. The van der Waals surface area contributed by atoms with E-state index < -0.39 is 17.7 Å². The van der Waals surface area contributed by atoms with Crippen LogP contribution in [0.4, 0.5) is 13.2 Å². The molecular formula is C27H24F3N3O3. The first-order valence-corrected chi connectivity index (χ1v) is 11.1. The number of aromatic nitrogens is 2. The van der Waals surface area contributed by atoms with E-state index in [0.717, 1.165) is 22.8 Å². The molecule has 0 saturated carbocycles. The van der Waals surface area contributed by atoms with Gasteiger partial charge in [0, 0.05) is 17.7 Å². The molecule has 4 rings (SSSR count). The summed E-state index contributed by atoms with van der Waals surface area (Å²) in [5.41, 5.74) is 3.20. The summed E-state index contributed by atoms with van der Waals surface area (Å²) in [6.07, 6.45) is -4.57. The molecule has 9 heteroatoms. The molecule has 0 atom stereocenters. The quantitative estimate of drug-likeness (QED) is 0.328. The lowest BCUT2D eigenvalue weighted by Gasteiger charge is -2.16. The van der Waals surface area contributed by atoms with Gasteiger partial charge in [-0.15, -0.1) is 0 Å². The fraction of sp³-hybridized carbons (Fsp3) is 0.222.